The Morgan fingerprint density at radius 3 is 2.42 bits per heavy atom. The second-order valence-corrected chi connectivity index (χ2v) is 4.53. The number of carboxylic acid groups (broad SMARTS) is 1. The summed E-state index contributed by atoms with van der Waals surface area (Å²) in [6.45, 7) is 1.01. The van der Waals surface area contributed by atoms with Gasteiger partial charge in [-0.3, -0.25) is 0 Å². The zero-order valence-corrected chi connectivity index (χ0v) is 11.6. The Kier molecular flexibility index (Phi) is 4.85. The Hall–Kier alpha value is -1.66. The highest BCUT2D eigenvalue weighted by Crippen LogP contribution is 2.35. The number of hydrogen-bond donors (Lipinski definition) is 3. The predicted octanol–water partition coefficient (Wildman–Crippen LogP) is 1.60. The van der Waals surface area contributed by atoms with Crippen molar-refractivity contribution in [1.29, 1.82) is 0 Å². The summed E-state index contributed by atoms with van der Waals surface area (Å²) < 4.78 is 10.2. The third-order valence-corrected chi connectivity index (χ3v) is 2.85. The van der Waals surface area contributed by atoms with Crippen LogP contribution in [0.1, 0.15) is 6.92 Å². The van der Waals surface area contributed by atoms with Crippen LogP contribution in [-0.2, 0) is 4.79 Å². The zero-order chi connectivity index (χ0) is 14.6. The van der Waals surface area contributed by atoms with Crippen LogP contribution in [0.5, 0.6) is 11.5 Å². The molecule has 1 aromatic carbocycles. The van der Waals surface area contributed by atoms with Gasteiger partial charge in [0.1, 0.15) is 11.5 Å². The molecule has 0 aliphatic carbocycles. The summed E-state index contributed by atoms with van der Waals surface area (Å²) in [6, 6.07) is 3.11. The Bertz CT molecular complexity index is 475. The molecule has 1 atom stereocenters. The fourth-order valence-corrected chi connectivity index (χ4v) is 1.57. The molecular formula is C12H16ClNO5. The molecule has 0 fully saturated rings. The molecule has 0 amide bonds. The molecule has 0 bridgehead atoms. The molecule has 0 aliphatic rings. The highest BCUT2D eigenvalue weighted by atomic mass is 35.5. The van der Waals surface area contributed by atoms with Gasteiger partial charge in [-0.05, 0) is 6.92 Å². The summed E-state index contributed by atoms with van der Waals surface area (Å²) in [5, 5.41) is 21.6. The molecule has 0 heterocycles. The summed E-state index contributed by atoms with van der Waals surface area (Å²) in [6.07, 6.45) is 0. The number of benzene rings is 1. The first-order valence-electron chi connectivity index (χ1n) is 5.43. The Morgan fingerprint density at radius 1 is 1.37 bits per heavy atom. The van der Waals surface area contributed by atoms with E-state index >= 15 is 0 Å². The maximum absolute atomic E-state index is 10.8. The molecule has 1 rings (SSSR count). The molecule has 106 valence electrons. The smallest absolute Gasteiger partial charge is 0.337 e. The van der Waals surface area contributed by atoms with E-state index in [2.05, 4.69) is 5.32 Å². The number of aliphatic carboxylic acids is 1. The molecule has 0 aliphatic heterocycles. The number of methoxy groups -OCH3 is 2. The zero-order valence-electron chi connectivity index (χ0n) is 10.9. The van der Waals surface area contributed by atoms with E-state index in [1.54, 1.807) is 6.07 Å². The van der Waals surface area contributed by atoms with Crippen molar-refractivity contribution in [3.8, 4) is 11.5 Å². The molecule has 0 saturated heterocycles. The van der Waals surface area contributed by atoms with Crippen LogP contribution in [0.3, 0.4) is 0 Å². The van der Waals surface area contributed by atoms with Crippen molar-refractivity contribution in [3.05, 3.63) is 17.2 Å². The summed E-state index contributed by atoms with van der Waals surface area (Å²) in [7, 11) is 2.92. The normalized spacial score (nSPS) is 13.5. The van der Waals surface area contributed by atoms with E-state index < -0.39 is 11.6 Å². The first-order chi connectivity index (χ1) is 8.81. The molecule has 0 saturated carbocycles. The lowest BCUT2D eigenvalue weighted by molar-refractivity contribution is -0.155. The molecule has 1 aromatic rings. The third-order valence-electron chi connectivity index (χ3n) is 2.56. The van der Waals surface area contributed by atoms with Crippen LogP contribution in [0.25, 0.3) is 0 Å². The van der Waals surface area contributed by atoms with E-state index in [1.807, 2.05) is 0 Å². The maximum atomic E-state index is 10.8. The van der Waals surface area contributed by atoms with Crippen molar-refractivity contribution in [2.24, 2.45) is 0 Å². The average molecular weight is 290 g/mol. The number of carboxylic acids is 1. The molecule has 0 radical (unpaired) electrons. The van der Waals surface area contributed by atoms with Crippen molar-refractivity contribution in [1.82, 2.24) is 0 Å². The van der Waals surface area contributed by atoms with Gasteiger partial charge >= 0.3 is 5.97 Å². The van der Waals surface area contributed by atoms with Crippen molar-refractivity contribution < 1.29 is 24.5 Å². The first-order valence-corrected chi connectivity index (χ1v) is 5.80. The van der Waals surface area contributed by atoms with Crippen LogP contribution in [0.15, 0.2) is 12.1 Å². The standard InChI is InChI=1S/C12H16ClNO5/c1-12(17,11(15)16)6-14-8-5-9(18-2)7(13)4-10(8)19-3/h4-5,14,17H,6H2,1-3H3,(H,15,16). The number of nitrogens with one attached hydrogen (secondary N) is 1. The number of carbonyl (C=O) groups is 1. The van der Waals surface area contributed by atoms with Gasteiger partial charge in [0.2, 0.25) is 0 Å². The van der Waals surface area contributed by atoms with E-state index in [0.717, 1.165) is 0 Å². The van der Waals surface area contributed by atoms with Gasteiger partial charge in [-0.15, -0.1) is 0 Å². The number of halogens is 1. The average Bonchev–Trinajstić information content (AvgIpc) is 2.36. The SMILES string of the molecule is COc1cc(NCC(C)(O)C(=O)O)c(OC)cc1Cl. The monoisotopic (exact) mass is 289 g/mol. The molecule has 0 spiro atoms. The van der Waals surface area contributed by atoms with Crippen molar-refractivity contribution in [2.75, 3.05) is 26.1 Å². The molecular weight excluding hydrogens is 274 g/mol. The first kappa shape index (κ1) is 15.4. The van der Waals surface area contributed by atoms with E-state index in [4.69, 9.17) is 26.2 Å². The van der Waals surface area contributed by atoms with Gasteiger partial charge in [0.15, 0.2) is 5.60 Å². The van der Waals surface area contributed by atoms with Crippen LogP contribution < -0.4 is 14.8 Å². The minimum absolute atomic E-state index is 0.191. The van der Waals surface area contributed by atoms with Gasteiger partial charge in [-0.25, -0.2) is 4.79 Å². The highest BCUT2D eigenvalue weighted by molar-refractivity contribution is 6.32. The topological polar surface area (TPSA) is 88.0 Å². The van der Waals surface area contributed by atoms with E-state index in [-0.39, 0.29) is 6.54 Å². The van der Waals surface area contributed by atoms with Crippen molar-refractivity contribution in [2.45, 2.75) is 12.5 Å². The van der Waals surface area contributed by atoms with Crippen LogP contribution in [0, 0.1) is 0 Å². The van der Waals surface area contributed by atoms with Crippen LogP contribution in [-0.4, -0.2) is 42.5 Å². The lowest BCUT2D eigenvalue weighted by atomic mass is 10.1. The molecule has 0 aromatic heterocycles. The Balaban J connectivity index is 2.97. The van der Waals surface area contributed by atoms with Gasteiger partial charge in [-0.2, -0.15) is 0 Å². The molecule has 6 nitrogen and oxygen atoms in total. The predicted molar refractivity (Wildman–Crippen MR) is 71.3 cm³/mol. The minimum atomic E-state index is -1.89. The fourth-order valence-electron chi connectivity index (χ4n) is 1.34. The van der Waals surface area contributed by atoms with Crippen molar-refractivity contribution >= 4 is 23.3 Å². The maximum Gasteiger partial charge on any atom is 0.337 e. The number of aliphatic hydroxyl groups is 1. The number of hydrogen-bond acceptors (Lipinski definition) is 5. The number of rotatable bonds is 6. The summed E-state index contributed by atoms with van der Waals surface area (Å²) in [4.78, 5) is 10.8. The summed E-state index contributed by atoms with van der Waals surface area (Å²) in [5.41, 5.74) is -1.41. The third kappa shape index (κ3) is 3.65. The van der Waals surface area contributed by atoms with E-state index in [0.29, 0.717) is 22.2 Å². The van der Waals surface area contributed by atoms with Gasteiger partial charge in [0.05, 0.1) is 31.5 Å². The van der Waals surface area contributed by atoms with Crippen LogP contribution in [0.2, 0.25) is 5.02 Å². The van der Waals surface area contributed by atoms with Gasteiger partial charge in [0.25, 0.3) is 0 Å². The van der Waals surface area contributed by atoms with Gasteiger partial charge in [0, 0.05) is 12.1 Å². The van der Waals surface area contributed by atoms with Gasteiger partial charge < -0.3 is 25.0 Å². The molecule has 1 unspecified atom stereocenters. The lowest BCUT2D eigenvalue weighted by Gasteiger charge is -2.20. The quantitative estimate of drug-likeness (QED) is 0.737. The Labute approximate surface area is 115 Å². The van der Waals surface area contributed by atoms with E-state index in [9.17, 15) is 9.90 Å². The highest BCUT2D eigenvalue weighted by Gasteiger charge is 2.29. The summed E-state index contributed by atoms with van der Waals surface area (Å²) >= 11 is 5.94. The number of ether oxygens (including phenoxy) is 2. The lowest BCUT2D eigenvalue weighted by Crippen LogP contribution is -2.41. The fraction of sp³-hybridized carbons (Fsp3) is 0.417. The van der Waals surface area contributed by atoms with E-state index in [1.165, 1.54) is 27.2 Å². The second-order valence-electron chi connectivity index (χ2n) is 4.12. The van der Waals surface area contributed by atoms with Crippen LogP contribution in [0.4, 0.5) is 5.69 Å². The summed E-state index contributed by atoms with van der Waals surface area (Å²) in [5.74, 6) is -0.480. The minimum Gasteiger partial charge on any atom is -0.495 e. The molecule has 3 N–H and O–H groups in total. The number of anilines is 1. The van der Waals surface area contributed by atoms with Crippen molar-refractivity contribution in [3.63, 3.8) is 0 Å². The van der Waals surface area contributed by atoms with Gasteiger partial charge in [-0.1, -0.05) is 11.6 Å². The van der Waals surface area contributed by atoms with Crippen LogP contribution >= 0.6 is 11.6 Å². The molecule has 19 heavy (non-hydrogen) atoms. The Morgan fingerprint density at radius 2 is 1.95 bits per heavy atom. The molecule has 7 heteroatoms. The largest absolute Gasteiger partial charge is 0.495 e. The second kappa shape index (κ2) is 5.99.